The zero-order chi connectivity index (χ0) is 19.3. The summed E-state index contributed by atoms with van der Waals surface area (Å²) in [5, 5.41) is 3.98. The van der Waals surface area contributed by atoms with Gasteiger partial charge in [-0.05, 0) is 43.7 Å². The molecule has 0 aromatic heterocycles. The molecular formula is C18H20FN3O3S. The Labute approximate surface area is 152 Å². The first-order valence-electron chi connectivity index (χ1n) is 7.84. The van der Waals surface area contributed by atoms with Gasteiger partial charge in [0.15, 0.2) is 0 Å². The molecule has 0 saturated carbocycles. The Hall–Kier alpha value is -2.74. The van der Waals surface area contributed by atoms with E-state index in [4.69, 9.17) is 0 Å². The number of nitrogens with zero attached hydrogens (tertiary/aromatic N) is 2. The number of hydrazone groups is 1. The molecule has 0 bridgehead atoms. The van der Waals surface area contributed by atoms with Crippen LogP contribution in [0.3, 0.4) is 0 Å². The number of nitrogens with one attached hydrogen (secondary N) is 1. The highest BCUT2D eigenvalue weighted by molar-refractivity contribution is 7.92. The van der Waals surface area contributed by atoms with Crippen molar-refractivity contribution in [3.63, 3.8) is 0 Å². The fraction of sp³-hybridized carbons (Fsp3) is 0.222. The number of carbonyl (C=O) groups excluding carboxylic acids is 1. The Balaban J connectivity index is 2.19. The van der Waals surface area contributed by atoms with Crippen molar-refractivity contribution in [3.05, 3.63) is 66.0 Å². The van der Waals surface area contributed by atoms with Crippen molar-refractivity contribution < 1.29 is 17.6 Å². The van der Waals surface area contributed by atoms with Crippen LogP contribution >= 0.6 is 0 Å². The molecule has 1 N–H and O–H groups in total. The molecule has 1 atom stereocenters. The van der Waals surface area contributed by atoms with Gasteiger partial charge in [-0.2, -0.15) is 5.10 Å². The summed E-state index contributed by atoms with van der Waals surface area (Å²) in [4.78, 5) is 12.4. The van der Waals surface area contributed by atoms with Crippen LogP contribution in [0.15, 0.2) is 59.7 Å². The van der Waals surface area contributed by atoms with Gasteiger partial charge in [0.25, 0.3) is 5.91 Å². The van der Waals surface area contributed by atoms with E-state index in [2.05, 4.69) is 10.5 Å². The minimum Gasteiger partial charge on any atom is -0.271 e. The second-order valence-electron chi connectivity index (χ2n) is 5.75. The Morgan fingerprint density at radius 2 is 1.69 bits per heavy atom. The predicted octanol–water partition coefficient (Wildman–Crippen LogP) is 2.52. The first kappa shape index (κ1) is 19.6. The van der Waals surface area contributed by atoms with Crippen molar-refractivity contribution in [2.24, 2.45) is 5.10 Å². The largest absolute Gasteiger partial charge is 0.271 e. The van der Waals surface area contributed by atoms with Gasteiger partial charge in [-0.15, -0.1) is 0 Å². The lowest BCUT2D eigenvalue weighted by molar-refractivity contribution is -0.121. The molecule has 0 saturated heterocycles. The highest BCUT2D eigenvalue weighted by atomic mass is 32.2. The van der Waals surface area contributed by atoms with Gasteiger partial charge in [0.1, 0.15) is 11.9 Å². The third-order valence-electron chi connectivity index (χ3n) is 3.69. The summed E-state index contributed by atoms with van der Waals surface area (Å²) in [7, 11) is -3.68. The number of hydrogen-bond acceptors (Lipinski definition) is 4. The number of rotatable bonds is 6. The zero-order valence-corrected chi connectivity index (χ0v) is 15.5. The molecule has 2 aromatic carbocycles. The van der Waals surface area contributed by atoms with E-state index in [9.17, 15) is 17.6 Å². The third-order valence-corrected chi connectivity index (χ3v) is 4.94. The van der Waals surface area contributed by atoms with Crippen molar-refractivity contribution in [1.29, 1.82) is 0 Å². The van der Waals surface area contributed by atoms with Crippen molar-refractivity contribution >= 4 is 27.3 Å². The molecule has 0 spiro atoms. The molecule has 26 heavy (non-hydrogen) atoms. The Kier molecular flexibility index (Phi) is 6.10. The van der Waals surface area contributed by atoms with E-state index < -0.39 is 22.0 Å². The number of benzene rings is 2. The smallest absolute Gasteiger partial charge is 0.263 e. The van der Waals surface area contributed by atoms with Crippen LogP contribution in [0.25, 0.3) is 0 Å². The van der Waals surface area contributed by atoms with Gasteiger partial charge in [-0.1, -0.05) is 30.3 Å². The van der Waals surface area contributed by atoms with Crippen LogP contribution in [0.4, 0.5) is 10.1 Å². The van der Waals surface area contributed by atoms with Crippen LogP contribution in [0.5, 0.6) is 0 Å². The number of amides is 1. The van der Waals surface area contributed by atoms with E-state index in [1.165, 1.54) is 31.2 Å². The summed E-state index contributed by atoms with van der Waals surface area (Å²) in [5.41, 5.74) is 3.86. The van der Waals surface area contributed by atoms with Crippen LogP contribution in [0.1, 0.15) is 19.4 Å². The Morgan fingerprint density at radius 3 is 2.23 bits per heavy atom. The number of hydrogen-bond donors (Lipinski definition) is 1. The fourth-order valence-electron chi connectivity index (χ4n) is 2.37. The lowest BCUT2D eigenvalue weighted by Crippen LogP contribution is -2.46. The molecule has 0 radical (unpaired) electrons. The standard InChI is InChI=1S/C18H20FN3O3S/c1-13(15-9-11-16(19)12-10-15)20-21-18(23)14(2)22(26(3,24)25)17-7-5-4-6-8-17/h4-12,14H,1-3H3,(H,21,23)/b20-13-/t14-/m1/s1. The predicted molar refractivity (Wildman–Crippen MR) is 100.0 cm³/mol. The van der Waals surface area contributed by atoms with Gasteiger partial charge in [0, 0.05) is 0 Å². The second-order valence-corrected chi connectivity index (χ2v) is 7.61. The van der Waals surface area contributed by atoms with Crippen LogP contribution in [0.2, 0.25) is 0 Å². The average Bonchev–Trinajstić information content (AvgIpc) is 2.59. The maximum atomic E-state index is 13.0. The SMILES string of the molecule is C/C(=N/NC(=O)[C@@H](C)N(c1ccccc1)S(C)(=O)=O)c1ccc(F)cc1. The van der Waals surface area contributed by atoms with E-state index in [0.29, 0.717) is 17.0 Å². The van der Waals surface area contributed by atoms with E-state index in [1.54, 1.807) is 37.3 Å². The molecule has 8 heteroatoms. The fourth-order valence-corrected chi connectivity index (χ4v) is 3.55. The van der Waals surface area contributed by atoms with Crippen LogP contribution in [-0.4, -0.2) is 32.3 Å². The molecule has 0 aliphatic rings. The number of carbonyl (C=O) groups is 1. The molecule has 0 aliphatic carbocycles. The molecule has 0 fully saturated rings. The topological polar surface area (TPSA) is 78.8 Å². The van der Waals surface area contributed by atoms with E-state index in [-0.39, 0.29) is 5.82 Å². The molecule has 0 heterocycles. The zero-order valence-electron chi connectivity index (χ0n) is 14.7. The second kappa shape index (κ2) is 8.09. The van der Waals surface area contributed by atoms with E-state index >= 15 is 0 Å². The lowest BCUT2D eigenvalue weighted by Gasteiger charge is -2.27. The third kappa shape index (κ3) is 4.89. The summed E-state index contributed by atoms with van der Waals surface area (Å²) in [6, 6.07) is 13.0. The van der Waals surface area contributed by atoms with Gasteiger partial charge in [0.2, 0.25) is 10.0 Å². The maximum Gasteiger partial charge on any atom is 0.263 e. The molecule has 138 valence electrons. The lowest BCUT2D eigenvalue weighted by atomic mass is 10.1. The number of anilines is 1. The van der Waals surface area contributed by atoms with Gasteiger partial charge < -0.3 is 0 Å². The summed E-state index contributed by atoms with van der Waals surface area (Å²) < 4.78 is 38.3. The van der Waals surface area contributed by atoms with Gasteiger partial charge >= 0.3 is 0 Å². The summed E-state index contributed by atoms with van der Waals surface area (Å²) in [6.45, 7) is 3.13. The molecule has 1 amide bonds. The Morgan fingerprint density at radius 1 is 1.12 bits per heavy atom. The van der Waals surface area contributed by atoms with Crippen molar-refractivity contribution in [3.8, 4) is 0 Å². The number of sulfonamides is 1. The average molecular weight is 377 g/mol. The molecule has 2 aromatic rings. The molecule has 2 rings (SSSR count). The highest BCUT2D eigenvalue weighted by Gasteiger charge is 2.28. The van der Waals surface area contributed by atoms with Crippen molar-refractivity contribution in [2.75, 3.05) is 10.6 Å². The van der Waals surface area contributed by atoms with Gasteiger partial charge in [0.05, 0.1) is 17.7 Å². The minimum absolute atomic E-state index is 0.370. The van der Waals surface area contributed by atoms with E-state index in [0.717, 1.165) is 10.6 Å². The van der Waals surface area contributed by atoms with E-state index in [1.807, 2.05) is 0 Å². The quantitative estimate of drug-likeness (QED) is 0.621. The monoisotopic (exact) mass is 377 g/mol. The molecular weight excluding hydrogens is 357 g/mol. The highest BCUT2D eigenvalue weighted by Crippen LogP contribution is 2.20. The summed E-state index contributed by atoms with van der Waals surface area (Å²) >= 11 is 0. The molecule has 0 unspecified atom stereocenters. The van der Waals surface area contributed by atoms with Crippen molar-refractivity contribution in [2.45, 2.75) is 19.9 Å². The van der Waals surface area contributed by atoms with Crippen LogP contribution in [0, 0.1) is 5.82 Å². The molecule has 6 nitrogen and oxygen atoms in total. The minimum atomic E-state index is -3.68. The number of halogens is 1. The normalized spacial score (nSPS) is 13.2. The van der Waals surface area contributed by atoms with Gasteiger partial charge in [-0.25, -0.2) is 18.2 Å². The first-order valence-corrected chi connectivity index (χ1v) is 9.69. The summed E-state index contributed by atoms with van der Waals surface area (Å²) in [5.74, 6) is -0.952. The number of para-hydroxylation sites is 1. The van der Waals surface area contributed by atoms with Gasteiger partial charge in [-0.3, -0.25) is 9.10 Å². The molecule has 0 aliphatic heterocycles. The van der Waals surface area contributed by atoms with Crippen LogP contribution in [-0.2, 0) is 14.8 Å². The first-order chi connectivity index (χ1) is 12.2. The van der Waals surface area contributed by atoms with Crippen LogP contribution < -0.4 is 9.73 Å². The Bertz CT molecular complexity index is 897. The van der Waals surface area contributed by atoms with Crippen molar-refractivity contribution in [1.82, 2.24) is 5.43 Å². The summed E-state index contributed by atoms with van der Waals surface area (Å²) in [6.07, 6.45) is 1.04. The maximum absolute atomic E-state index is 13.0.